The van der Waals surface area contributed by atoms with E-state index in [0.717, 1.165) is 6.42 Å². The van der Waals surface area contributed by atoms with Crippen molar-refractivity contribution in [2.24, 2.45) is 0 Å². The van der Waals surface area contributed by atoms with E-state index in [9.17, 15) is 14.7 Å². The van der Waals surface area contributed by atoms with Gasteiger partial charge in [0.2, 0.25) is 0 Å². The zero-order valence-electron chi connectivity index (χ0n) is 9.77. The molecule has 1 rings (SSSR count). The van der Waals surface area contributed by atoms with Crippen LogP contribution < -0.4 is 0 Å². The summed E-state index contributed by atoms with van der Waals surface area (Å²) in [5.41, 5.74) is -1.06. The van der Waals surface area contributed by atoms with Crippen molar-refractivity contribution in [1.29, 1.82) is 0 Å². The average Bonchev–Trinajstić information content (AvgIpc) is 2.61. The molecule has 0 spiro atoms. The summed E-state index contributed by atoms with van der Waals surface area (Å²) < 4.78 is 0. The van der Waals surface area contributed by atoms with Crippen LogP contribution in [0.3, 0.4) is 0 Å². The highest BCUT2D eigenvalue weighted by molar-refractivity contribution is 5.86. The number of carbonyl (C=O) groups is 2. The van der Waals surface area contributed by atoms with Crippen LogP contribution in [0.4, 0.5) is 4.79 Å². The predicted octanol–water partition coefficient (Wildman–Crippen LogP) is 1.16. The first-order valence-corrected chi connectivity index (χ1v) is 5.30. The summed E-state index contributed by atoms with van der Waals surface area (Å²) in [6.45, 7) is 6.08. The number of carboxylic acid groups (broad SMARTS) is 1. The number of hydrogen-bond acceptors (Lipinski definition) is 2. The van der Waals surface area contributed by atoms with Crippen molar-refractivity contribution in [3.63, 3.8) is 0 Å². The van der Waals surface area contributed by atoms with Gasteiger partial charge in [-0.1, -0.05) is 6.08 Å². The highest BCUT2D eigenvalue weighted by Gasteiger charge is 2.46. The van der Waals surface area contributed by atoms with E-state index in [2.05, 4.69) is 6.58 Å². The molecule has 0 aromatic carbocycles. The zero-order valence-corrected chi connectivity index (χ0v) is 9.77. The number of hydrogen-bond donors (Lipinski definition) is 1. The lowest BCUT2D eigenvalue weighted by atomic mass is 10.00. The monoisotopic (exact) mass is 226 g/mol. The van der Waals surface area contributed by atoms with Gasteiger partial charge in [0.05, 0.1) is 0 Å². The number of carboxylic acids is 1. The Labute approximate surface area is 95.3 Å². The third kappa shape index (κ3) is 2.03. The Kier molecular flexibility index (Phi) is 3.57. The number of amides is 2. The third-order valence-corrected chi connectivity index (χ3v) is 3.06. The molecule has 16 heavy (non-hydrogen) atoms. The van der Waals surface area contributed by atoms with Crippen LogP contribution in [0.5, 0.6) is 0 Å². The van der Waals surface area contributed by atoms with Crippen LogP contribution >= 0.6 is 0 Å². The van der Waals surface area contributed by atoms with Gasteiger partial charge in [-0.2, -0.15) is 0 Å². The van der Waals surface area contributed by atoms with Crippen molar-refractivity contribution in [2.75, 3.05) is 20.1 Å². The van der Waals surface area contributed by atoms with Crippen molar-refractivity contribution in [1.82, 2.24) is 9.80 Å². The number of carbonyl (C=O) groups excluding carboxylic acids is 1. The molecule has 5 heteroatoms. The molecule has 1 heterocycles. The van der Waals surface area contributed by atoms with Crippen LogP contribution in [0.2, 0.25) is 0 Å². The third-order valence-electron chi connectivity index (χ3n) is 3.06. The SMILES string of the molecule is C=CCN(C)C(=O)N1CCCC1(C)C(=O)O. The summed E-state index contributed by atoms with van der Waals surface area (Å²) in [5, 5.41) is 9.17. The Bertz CT molecular complexity index is 316. The molecule has 2 amide bonds. The Morgan fingerprint density at radius 2 is 2.25 bits per heavy atom. The first kappa shape index (κ1) is 12.5. The van der Waals surface area contributed by atoms with Crippen LogP contribution in [0.1, 0.15) is 19.8 Å². The Morgan fingerprint density at radius 1 is 1.62 bits per heavy atom. The molecule has 1 N–H and O–H groups in total. The van der Waals surface area contributed by atoms with Gasteiger partial charge in [0.25, 0.3) is 0 Å². The minimum Gasteiger partial charge on any atom is -0.480 e. The molecule has 0 aliphatic carbocycles. The molecule has 0 aromatic rings. The van der Waals surface area contributed by atoms with E-state index in [1.54, 1.807) is 20.0 Å². The zero-order chi connectivity index (χ0) is 12.3. The number of likely N-dealkylation sites (tertiary alicyclic amines) is 1. The summed E-state index contributed by atoms with van der Waals surface area (Å²) in [7, 11) is 1.64. The lowest BCUT2D eigenvalue weighted by molar-refractivity contribution is -0.147. The maximum Gasteiger partial charge on any atom is 0.329 e. The first-order valence-electron chi connectivity index (χ1n) is 5.30. The molecule has 0 bridgehead atoms. The standard InChI is InChI=1S/C11H18N2O3/c1-4-7-12(3)10(16)13-8-5-6-11(13,2)9(14)15/h4H,1,5-8H2,2-3H3,(H,14,15). The lowest BCUT2D eigenvalue weighted by Crippen LogP contribution is -2.54. The lowest BCUT2D eigenvalue weighted by Gasteiger charge is -2.34. The minimum absolute atomic E-state index is 0.248. The number of likely N-dealkylation sites (N-methyl/N-ethyl adjacent to an activating group) is 1. The normalized spacial score (nSPS) is 24.2. The molecular weight excluding hydrogens is 208 g/mol. The van der Waals surface area contributed by atoms with Crippen molar-refractivity contribution < 1.29 is 14.7 Å². The Balaban J connectivity index is 2.83. The predicted molar refractivity (Wildman–Crippen MR) is 60.2 cm³/mol. The fourth-order valence-electron chi connectivity index (χ4n) is 1.97. The first-order chi connectivity index (χ1) is 7.43. The number of urea groups is 1. The van der Waals surface area contributed by atoms with Gasteiger partial charge in [0.15, 0.2) is 0 Å². The van der Waals surface area contributed by atoms with E-state index in [0.29, 0.717) is 19.5 Å². The van der Waals surface area contributed by atoms with E-state index in [1.807, 2.05) is 0 Å². The summed E-state index contributed by atoms with van der Waals surface area (Å²) in [6.07, 6.45) is 2.86. The van der Waals surface area contributed by atoms with E-state index in [-0.39, 0.29) is 6.03 Å². The topological polar surface area (TPSA) is 60.9 Å². The van der Waals surface area contributed by atoms with E-state index in [1.165, 1.54) is 9.80 Å². The van der Waals surface area contributed by atoms with Crippen molar-refractivity contribution in [3.8, 4) is 0 Å². The van der Waals surface area contributed by atoms with Gasteiger partial charge < -0.3 is 14.9 Å². The molecule has 90 valence electrons. The fourth-order valence-corrected chi connectivity index (χ4v) is 1.97. The second-order valence-electron chi connectivity index (χ2n) is 4.29. The highest BCUT2D eigenvalue weighted by Crippen LogP contribution is 2.29. The van der Waals surface area contributed by atoms with Crippen molar-refractivity contribution in [3.05, 3.63) is 12.7 Å². The molecule has 1 unspecified atom stereocenters. The molecule has 1 atom stereocenters. The highest BCUT2D eigenvalue weighted by atomic mass is 16.4. The molecule has 1 aliphatic rings. The quantitative estimate of drug-likeness (QED) is 0.735. The Morgan fingerprint density at radius 3 is 2.75 bits per heavy atom. The van der Waals surface area contributed by atoms with Crippen LogP contribution in [-0.4, -0.2) is 52.6 Å². The maximum atomic E-state index is 12.0. The molecule has 5 nitrogen and oxygen atoms in total. The fraction of sp³-hybridized carbons (Fsp3) is 0.636. The second kappa shape index (κ2) is 4.55. The smallest absolute Gasteiger partial charge is 0.329 e. The summed E-state index contributed by atoms with van der Waals surface area (Å²) in [6, 6.07) is -0.248. The molecule has 1 saturated heterocycles. The largest absolute Gasteiger partial charge is 0.480 e. The van der Waals surface area contributed by atoms with E-state index < -0.39 is 11.5 Å². The molecule has 0 saturated carbocycles. The van der Waals surface area contributed by atoms with E-state index >= 15 is 0 Å². The van der Waals surface area contributed by atoms with Gasteiger partial charge in [-0.05, 0) is 19.8 Å². The van der Waals surface area contributed by atoms with Gasteiger partial charge in [-0.15, -0.1) is 6.58 Å². The van der Waals surface area contributed by atoms with Gasteiger partial charge in [0, 0.05) is 20.1 Å². The van der Waals surface area contributed by atoms with Gasteiger partial charge in [-0.25, -0.2) is 9.59 Å². The van der Waals surface area contributed by atoms with Crippen molar-refractivity contribution in [2.45, 2.75) is 25.3 Å². The van der Waals surface area contributed by atoms with Crippen LogP contribution in [-0.2, 0) is 4.79 Å². The molecule has 0 radical (unpaired) electrons. The van der Waals surface area contributed by atoms with Crippen molar-refractivity contribution >= 4 is 12.0 Å². The second-order valence-corrected chi connectivity index (χ2v) is 4.29. The molecule has 1 aliphatic heterocycles. The summed E-state index contributed by atoms with van der Waals surface area (Å²) >= 11 is 0. The van der Waals surface area contributed by atoms with Gasteiger partial charge >= 0.3 is 12.0 Å². The van der Waals surface area contributed by atoms with Crippen LogP contribution in [0.25, 0.3) is 0 Å². The summed E-state index contributed by atoms with van der Waals surface area (Å²) in [4.78, 5) is 26.1. The van der Waals surface area contributed by atoms with Crippen LogP contribution in [0, 0.1) is 0 Å². The molecular formula is C11H18N2O3. The molecule has 1 fully saturated rings. The molecule has 0 aromatic heterocycles. The number of nitrogens with zero attached hydrogens (tertiary/aromatic N) is 2. The average molecular weight is 226 g/mol. The number of rotatable bonds is 3. The van der Waals surface area contributed by atoms with Crippen LogP contribution in [0.15, 0.2) is 12.7 Å². The minimum atomic E-state index is -1.06. The summed E-state index contributed by atoms with van der Waals surface area (Å²) in [5.74, 6) is -0.939. The van der Waals surface area contributed by atoms with Gasteiger partial charge in [-0.3, -0.25) is 0 Å². The Hall–Kier alpha value is -1.52. The van der Waals surface area contributed by atoms with Gasteiger partial charge in [0.1, 0.15) is 5.54 Å². The number of aliphatic carboxylic acids is 1. The van der Waals surface area contributed by atoms with E-state index in [4.69, 9.17) is 0 Å². The maximum absolute atomic E-state index is 12.0.